The van der Waals surface area contributed by atoms with Crippen LogP contribution in [0.3, 0.4) is 0 Å². The van der Waals surface area contributed by atoms with Gasteiger partial charge in [-0.1, -0.05) is 6.07 Å². The van der Waals surface area contributed by atoms with Gasteiger partial charge in [0.2, 0.25) is 0 Å². The van der Waals surface area contributed by atoms with Gasteiger partial charge in [0.1, 0.15) is 0 Å². The van der Waals surface area contributed by atoms with Crippen molar-refractivity contribution in [3.63, 3.8) is 0 Å². The molecule has 5 heteroatoms. The highest BCUT2D eigenvalue weighted by Crippen LogP contribution is 2.33. The van der Waals surface area contributed by atoms with Gasteiger partial charge in [-0.15, -0.1) is 0 Å². The summed E-state index contributed by atoms with van der Waals surface area (Å²) >= 11 is 0. The second kappa shape index (κ2) is 5.85. The average Bonchev–Trinajstić information content (AvgIpc) is 2.42. The Morgan fingerprint density at radius 1 is 1.05 bits per heavy atom. The largest absolute Gasteiger partial charge is 0.416 e. The van der Waals surface area contributed by atoms with Crippen LogP contribution in [-0.2, 0) is 6.18 Å². The molecule has 1 aromatic carbocycles. The number of nitrogens with zero attached hydrogens (tertiary/aromatic N) is 1. The van der Waals surface area contributed by atoms with E-state index in [1.165, 1.54) is 6.07 Å². The molecule has 0 radical (unpaired) electrons. The number of alkyl halides is 3. The maximum absolute atomic E-state index is 12.7. The number of nitrogens with one attached hydrogen (secondary N) is 1. The van der Waals surface area contributed by atoms with E-state index in [4.69, 9.17) is 0 Å². The van der Waals surface area contributed by atoms with E-state index in [-0.39, 0.29) is 6.04 Å². The summed E-state index contributed by atoms with van der Waals surface area (Å²) in [7, 11) is 1.79. The lowest BCUT2D eigenvalue weighted by Crippen LogP contribution is -2.20. The number of benzene rings is 1. The molecule has 1 N–H and O–H groups in total. The van der Waals surface area contributed by atoms with Crippen LogP contribution in [0.15, 0.2) is 36.7 Å². The first-order valence-corrected chi connectivity index (χ1v) is 6.60. The molecule has 0 bridgehead atoms. The first-order chi connectivity index (χ1) is 9.84. The topological polar surface area (TPSA) is 24.9 Å². The van der Waals surface area contributed by atoms with Crippen LogP contribution in [0.1, 0.15) is 33.9 Å². The van der Waals surface area contributed by atoms with Crippen molar-refractivity contribution < 1.29 is 13.2 Å². The van der Waals surface area contributed by atoms with Crippen LogP contribution >= 0.6 is 0 Å². The minimum absolute atomic E-state index is 0.157. The molecule has 0 saturated carbocycles. The zero-order valence-electron chi connectivity index (χ0n) is 12.1. The van der Waals surface area contributed by atoms with Gasteiger partial charge in [-0.25, -0.2) is 0 Å². The average molecular weight is 294 g/mol. The Labute approximate surface area is 122 Å². The highest BCUT2D eigenvalue weighted by atomic mass is 19.4. The Hall–Kier alpha value is -1.88. The molecule has 0 amide bonds. The number of pyridine rings is 1. The lowest BCUT2D eigenvalue weighted by Gasteiger charge is -2.22. The van der Waals surface area contributed by atoms with E-state index < -0.39 is 11.7 Å². The third-order valence-electron chi connectivity index (χ3n) is 3.57. The summed E-state index contributed by atoms with van der Waals surface area (Å²) in [6.07, 6.45) is -0.879. The van der Waals surface area contributed by atoms with Crippen LogP contribution in [0.2, 0.25) is 0 Å². The molecule has 2 aromatic rings. The molecule has 2 nitrogen and oxygen atoms in total. The number of aromatic nitrogens is 1. The van der Waals surface area contributed by atoms with E-state index in [0.29, 0.717) is 5.56 Å². The van der Waals surface area contributed by atoms with Crippen molar-refractivity contribution >= 4 is 0 Å². The van der Waals surface area contributed by atoms with E-state index in [1.807, 2.05) is 13.0 Å². The maximum Gasteiger partial charge on any atom is 0.416 e. The number of rotatable bonds is 3. The summed E-state index contributed by atoms with van der Waals surface area (Å²) in [4.78, 5) is 4.05. The van der Waals surface area contributed by atoms with Gasteiger partial charge in [0, 0.05) is 12.4 Å². The van der Waals surface area contributed by atoms with Gasteiger partial charge in [-0.3, -0.25) is 4.98 Å². The summed E-state index contributed by atoms with van der Waals surface area (Å²) in [6.45, 7) is 3.64. The maximum atomic E-state index is 12.7. The van der Waals surface area contributed by atoms with Gasteiger partial charge >= 0.3 is 6.18 Å². The van der Waals surface area contributed by atoms with Gasteiger partial charge in [0.15, 0.2) is 0 Å². The van der Waals surface area contributed by atoms with Gasteiger partial charge in [0.25, 0.3) is 0 Å². The zero-order valence-corrected chi connectivity index (χ0v) is 12.1. The summed E-state index contributed by atoms with van der Waals surface area (Å²) in [5, 5.41) is 3.17. The lowest BCUT2D eigenvalue weighted by atomic mass is 9.92. The van der Waals surface area contributed by atoms with Crippen LogP contribution in [0.5, 0.6) is 0 Å². The molecule has 112 valence electrons. The number of aryl methyl sites for hydroxylation is 2. The summed E-state index contributed by atoms with van der Waals surface area (Å²) in [6, 6.07) is 5.59. The molecule has 0 aliphatic carbocycles. The van der Waals surface area contributed by atoms with Crippen molar-refractivity contribution in [2.24, 2.45) is 0 Å². The molecule has 0 aliphatic heterocycles. The van der Waals surface area contributed by atoms with Crippen LogP contribution in [-0.4, -0.2) is 12.0 Å². The standard InChI is InChI=1S/C16H17F3N2/c1-10-8-12(16(17,18)19)4-5-13(10)15(20-3)14-6-7-21-9-11(14)2/h4-9,15,20H,1-3H3. The van der Waals surface area contributed by atoms with Crippen LogP contribution in [0, 0.1) is 13.8 Å². The molecule has 0 aliphatic rings. The third-order valence-corrected chi connectivity index (χ3v) is 3.57. The summed E-state index contributed by atoms with van der Waals surface area (Å²) in [5.74, 6) is 0. The van der Waals surface area contributed by atoms with E-state index >= 15 is 0 Å². The lowest BCUT2D eigenvalue weighted by molar-refractivity contribution is -0.137. The van der Waals surface area contributed by atoms with Gasteiger partial charge in [-0.05, 0) is 61.3 Å². The number of halogens is 3. The Balaban J connectivity index is 2.47. The predicted molar refractivity (Wildman–Crippen MR) is 76.1 cm³/mol. The molecular weight excluding hydrogens is 277 g/mol. The highest BCUT2D eigenvalue weighted by molar-refractivity contribution is 5.41. The van der Waals surface area contributed by atoms with Crippen molar-refractivity contribution in [2.45, 2.75) is 26.1 Å². The monoisotopic (exact) mass is 294 g/mol. The van der Waals surface area contributed by atoms with Crippen molar-refractivity contribution in [2.75, 3.05) is 7.05 Å². The summed E-state index contributed by atoms with van der Waals surface area (Å²) < 4.78 is 38.2. The highest BCUT2D eigenvalue weighted by Gasteiger charge is 2.31. The normalized spacial score (nSPS) is 13.2. The minimum atomic E-state index is -4.31. The molecule has 0 saturated heterocycles. The second-order valence-corrected chi connectivity index (χ2v) is 5.02. The van der Waals surface area contributed by atoms with Crippen molar-refractivity contribution in [1.29, 1.82) is 0 Å². The number of hydrogen-bond donors (Lipinski definition) is 1. The van der Waals surface area contributed by atoms with Crippen LogP contribution < -0.4 is 5.32 Å². The van der Waals surface area contributed by atoms with Crippen LogP contribution in [0.25, 0.3) is 0 Å². The smallest absolute Gasteiger partial charge is 0.309 e. The van der Waals surface area contributed by atoms with Crippen molar-refractivity contribution in [3.8, 4) is 0 Å². The fourth-order valence-corrected chi connectivity index (χ4v) is 2.46. The fraction of sp³-hybridized carbons (Fsp3) is 0.312. The van der Waals surface area contributed by atoms with E-state index in [2.05, 4.69) is 10.3 Å². The Morgan fingerprint density at radius 2 is 1.71 bits per heavy atom. The first kappa shape index (κ1) is 15.5. The molecule has 2 rings (SSSR count). The SMILES string of the molecule is CNC(c1ccncc1C)c1ccc(C(F)(F)F)cc1C. The molecule has 21 heavy (non-hydrogen) atoms. The van der Waals surface area contributed by atoms with E-state index in [1.54, 1.807) is 32.4 Å². The minimum Gasteiger partial charge on any atom is -0.309 e. The quantitative estimate of drug-likeness (QED) is 0.924. The Morgan fingerprint density at radius 3 is 2.24 bits per heavy atom. The predicted octanol–water partition coefficient (Wildman–Crippen LogP) is 4.03. The molecule has 1 atom stereocenters. The molecule has 1 aromatic heterocycles. The Bertz CT molecular complexity index is 636. The van der Waals surface area contributed by atoms with Gasteiger partial charge in [0.05, 0.1) is 11.6 Å². The molecule has 0 fully saturated rings. The van der Waals surface area contributed by atoms with Crippen LogP contribution in [0.4, 0.5) is 13.2 Å². The van der Waals surface area contributed by atoms with E-state index in [0.717, 1.165) is 22.8 Å². The summed E-state index contributed by atoms with van der Waals surface area (Å²) in [5.41, 5.74) is 2.83. The molecule has 0 spiro atoms. The van der Waals surface area contributed by atoms with E-state index in [9.17, 15) is 13.2 Å². The van der Waals surface area contributed by atoms with Gasteiger partial charge in [-0.2, -0.15) is 13.2 Å². The van der Waals surface area contributed by atoms with Crippen molar-refractivity contribution in [3.05, 3.63) is 64.5 Å². The zero-order chi connectivity index (χ0) is 15.6. The Kier molecular flexibility index (Phi) is 4.32. The first-order valence-electron chi connectivity index (χ1n) is 6.60. The molecular formula is C16H17F3N2. The van der Waals surface area contributed by atoms with Crippen molar-refractivity contribution in [1.82, 2.24) is 10.3 Å². The third kappa shape index (κ3) is 3.24. The second-order valence-electron chi connectivity index (χ2n) is 5.02. The molecule has 1 unspecified atom stereocenters. The van der Waals surface area contributed by atoms with Gasteiger partial charge < -0.3 is 5.32 Å². The number of hydrogen-bond acceptors (Lipinski definition) is 2. The fourth-order valence-electron chi connectivity index (χ4n) is 2.46. The molecule has 1 heterocycles.